The minimum atomic E-state index is -0.875. The van der Waals surface area contributed by atoms with Crippen molar-refractivity contribution in [2.75, 3.05) is 25.5 Å². The number of dihydropyridines is 1. The molecule has 1 unspecified atom stereocenters. The lowest BCUT2D eigenvalue weighted by molar-refractivity contribution is -0.408. The van der Waals surface area contributed by atoms with Crippen LogP contribution in [0.25, 0.3) is 0 Å². The Balaban J connectivity index is 1.85. The van der Waals surface area contributed by atoms with Gasteiger partial charge in [0, 0.05) is 11.3 Å². The molecular formula is C19H19Cl2N4O4+. The molecule has 0 saturated heterocycles. The van der Waals surface area contributed by atoms with E-state index in [1.165, 1.54) is 23.8 Å². The number of hydrogen-bond acceptors (Lipinski definition) is 5. The van der Waals surface area contributed by atoms with E-state index >= 15 is 0 Å². The fraction of sp³-hybridized carbons (Fsp3) is 0.316. The van der Waals surface area contributed by atoms with Gasteiger partial charge < -0.3 is 10.1 Å². The van der Waals surface area contributed by atoms with Crippen LogP contribution in [0.2, 0.25) is 10.0 Å². The van der Waals surface area contributed by atoms with E-state index in [0.717, 1.165) is 4.90 Å². The predicted molar refractivity (Wildman–Crippen MR) is 110 cm³/mol. The van der Waals surface area contributed by atoms with Gasteiger partial charge in [-0.25, -0.2) is 4.79 Å². The fourth-order valence-electron chi connectivity index (χ4n) is 3.09. The van der Waals surface area contributed by atoms with Crippen molar-refractivity contribution in [2.45, 2.75) is 13.8 Å². The first kappa shape index (κ1) is 21.0. The van der Waals surface area contributed by atoms with Crippen LogP contribution in [0.5, 0.6) is 0 Å². The monoisotopic (exact) mass is 437 g/mol. The summed E-state index contributed by atoms with van der Waals surface area (Å²) >= 11 is 11.8. The van der Waals surface area contributed by atoms with Crippen molar-refractivity contribution in [1.82, 2.24) is 4.90 Å². The summed E-state index contributed by atoms with van der Waals surface area (Å²) in [4.78, 5) is 43.4. The number of rotatable bonds is 5. The van der Waals surface area contributed by atoms with Crippen LogP contribution in [-0.2, 0) is 14.3 Å². The lowest BCUT2D eigenvalue weighted by atomic mass is 9.96. The number of carbonyl (C=O) groups excluding carboxylic acids is 3. The number of hydrogen-bond donors (Lipinski definition) is 1. The van der Waals surface area contributed by atoms with Gasteiger partial charge in [-0.3, -0.25) is 9.59 Å². The zero-order chi connectivity index (χ0) is 21.3. The largest absolute Gasteiger partial charge is 0.496 e. The quantitative estimate of drug-likeness (QED) is 0.716. The molecular weight excluding hydrogens is 419 g/mol. The number of urea groups is 1. The van der Waals surface area contributed by atoms with E-state index in [9.17, 15) is 14.4 Å². The average Bonchev–Trinajstić information content (AvgIpc) is 2.68. The van der Waals surface area contributed by atoms with Crippen LogP contribution >= 0.6 is 23.2 Å². The molecule has 0 bridgehead atoms. The van der Waals surface area contributed by atoms with E-state index in [-0.39, 0.29) is 10.9 Å². The van der Waals surface area contributed by atoms with E-state index in [1.807, 2.05) is 0 Å². The molecule has 10 heteroatoms. The Morgan fingerprint density at radius 1 is 1.31 bits per heavy atom. The van der Waals surface area contributed by atoms with Crippen molar-refractivity contribution in [1.29, 1.82) is 0 Å². The zero-order valence-corrected chi connectivity index (χ0v) is 17.5. The lowest BCUT2D eigenvalue weighted by Crippen LogP contribution is -2.56. The van der Waals surface area contributed by atoms with Gasteiger partial charge in [0.1, 0.15) is 12.0 Å². The van der Waals surface area contributed by atoms with E-state index < -0.39 is 30.3 Å². The summed E-state index contributed by atoms with van der Waals surface area (Å²) in [6.45, 7) is 3.47. The Morgan fingerprint density at radius 3 is 2.69 bits per heavy atom. The second-order valence-electron chi connectivity index (χ2n) is 6.47. The number of allylic oxidation sites excluding steroid dienone is 1. The molecule has 1 atom stereocenters. The van der Waals surface area contributed by atoms with Crippen molar-refractivity contribution < 1.29 is 23.7 Å². The molecule has 0 saturated carbocycles. The summed E-state index contributed by atoms with van der Waals surface area (Å²) < 4.78 is 6.90. The molecule has 0 aliphatic carbocycles. The maximum Gasteiger partial charge on any atom is 0.446 e. The second kappa shape index (κ2) is 8.34. The highest BCUT2D eigenvalue weighted by atomic mass is 35.5. The van der Waals surface area contributed by atoms with E-state index in [4.69, 9.17) is 27.9 Å². The van der Waals surface area contributed by atoms with Crippen LogP contribution in [0.4, 0.5) is 10.5 Å². The first-order valence-corrected chi connectivity index (χ1v) is 9.58. The SMILES string of the molecule is CCOC1=C(C)C=NC2=[N+](C)C(=O)N(CC(=O)Nc3ccc(Cl)c(Cl)c3)C(=O)C12. The Kier molecular flexibility index (Phi) is 6.04. The zero-order valence-electron chi connectivity index (χ0n) is 16.0. The van der Waals surface area contributed by atoms with Crippen LogP contribution in [0, 0.1) is 5.92 Å². The minimum Gasteiger partial charge on any atom is -0.496 e. The lowest BCUT2D eigenvalue weighted by Gasteiger charge is -2.29. The van der Waals surface area contributed by atoms with E-state index in [0.29, 0.717) is 28.6 Å². The molecule has 1 aromatic carbocycles. The Morgan fingerprint density at radius 2 is 2.03 bits per heavy atom. The fourth-order valence-corrected chi connectivity index (χ4v) is 3.39. The number of carbonyl (C=O) groups is 3. The molecule has 4 amide bonds. The molecule has 0 aromatic heterocycles. The maximum atomic E-state index is 13.1. The molecule has 0 spiro atoms. The van der Waals surface area contributed by atoms with Gasteiger partial charge >= 0.3 is 11.9 Å². The Bertz CT molecular complexity index is 1000. The molecule has 8 nitrogen and oxygen atoms in total. The molecule has 152 valence electrons. The number of anilines is 1. The number of nitrogens with one attached hydrogen (secondary N) is 1. The minimum absolute atomic E-state index is 0.273. The third-order valence-electron chi connectivity index (χ3n) is 4.48. The summed E-state index contributed by atoms with van der Waals surface area (Å²) in [5.41, 5.74) is 1.09. The van der Waals surface area contributed by atoms with E-state index in [2.05, 4.69) is 10.3 Å². The number of fused-ring (bicyclic) bond motifs is 1. The van der Waals surface area contributed by atoms with Gasteiger partial charge in [0.2, 0.25) is 0 Å². The Hall–Kier alpha value is -2.71. The van der Waals surface area contributed by atoms with Gasteiger partial charge in [0.25, 0.3) is 11.7 Å². The Labute approximate surface area is 177 Å². The van der Waals surface area contributed by atoms with Crippen molar-refractivity contribution in [2.24, 2.45) is 10.9 Å². The predicted octanol–water partition coefficient (Wildman–Crippen LogP) is 2.95. The third kappa shape index (κ3) is 4.04. The molecule has 29 heavy (non-hydrogen) atoms. The van der Waals surface area contributed by atoms with Crippen LogP contribution in [0.15, 0.2) is 34.5 Å². The summed E-state index contributed by atoms with van der Waals surface area (Å²) in [6.07, 6.45) is 1.56. The number of halogens is 2. The summed E-state index contributed by atoms with van der Waals surface area (Å²) in [5.74, 6) is -1.29. The van der Waals surface area contributed by atoms with Crippen molar-refractivity contribution in [3.8, 4) is 0 Å². The summed E-state index contributed by atoms with van der Waals surface area (Å²) in [6, 6.07) is 3.94. The van der Waals surface area contributed by atoms with Gasteiger partial charge in [-0.15, -0.1) is 4.99 Å². The smallest absolute Gasteiger partial charge is 0.446 e. The summed E-state index contributed by atoms with van der Waals surface area (Å²) in [7, 11) is 1.50. The summed E-state index contributed by atoms with van der Waals surface area (Å²) in [5, 5.41) is 3.22. The third-order valence-corrected chi connectivity index (χ3v) is 5.22. The van der Waals surface area contributed by atoms with Crippen molar-refractivity contribution in [3.63, 3.8) is 0 Å². The second-order valence-corrected chi connectivity index (χ2v) is 7.29. The number of amides is 4. The number of nitrogens with zero attached hydrogens (tertiary/aromatic N) is 3. The highest BCUT2D eigenvalue weighted by Gasteiger charge is 2.50. The van der Waals surface area contributed by atoms with Crippen molar-refractivity contribution in [3.05, 3.63) is 39.6 Å². The first-order valence-electron chi connectivity index (χ1n) is 8.83. The maximum absolute atomic E-state index is 13.1. The van der Waals surface area contributed by atoms with Crippen LogP contribution in [-0.4, -0.2) is 59.6 Å². The molecule has 1 aromatic rings. The first-order chi connectivity index (χ1) is 13.7. The molecule has 2 heterocycles. The van der Waals surface area contributed by atoms with Gasteiger partial charge in [-0.2, -0.15) is 9.48 Å². The van der Waals surface area contributed by atoms with Gasteiger partial charge in [-0.05, 0) is 32.0 Å². The number of amidine groups is 1. The number of ether oxygens (including phenoxy) is 1. The van der Waals surface area contributed by atoms with Gasteiger partial charge in [-0.1, -0.05) is 23.2 Å². The topological polar surface area (TPSA) is 91.1 Å². The van der Waals surface area contributed by atoms with Crippen LogP contribution in [0.1, 0.15) is 13.8 Å². The number of benzene rings is 1. The van der Waals surface area contributed by atoms with Crippen molar-refractivity contribution >= 4 is 58.8 Å². The number of imide groups is 1. The van der Waals surface area contributed by atoms with Gasteiger partial charge in [0.15, 0.2) is 12.5 Å². The number of aliphatic imine (C=N–C) groups is 1. The molecule has 2 aliphatic heterocycles. The standard InChI is InChI=1S/C19H18Cl2N4O4/c1-4-29-16-10(2)8-22-17-15(16)18(27)25(19(28)24(17)3)9-14(26)23-11-5-6-12(20)13(21)7-11/h5-8,15H,4,9H2,1-3H3/p+1. The highest BCUT2D eigenvalue weighted by Crippen LogP contribution is 2.28. The normalized spacial score (nSPS) is 18.9. The molecule has 2 aliphatic rings. The molecule has 3 rings (SSSR count). The van der Waals surface area contributed by atoms with Gasteiger partial charge in [0.05, 0.1) is 23.7 Å². The highest BCUT2D eigenvalue weighted by molar-refractivity contribution is 6.42. The molecule has 1 N–H and O–H groups in total. The van der Waals surface area contributed by atoms with Crippen LogP contribution in [0.3, 0.4) is 0 Å². The molecule has 0 fully saturated rings. The van der Waals surface area contributed by atoms with Crippen LogP contribution < -0.4 is 5.32 Å². The molecule has 0 radical (unpaired) electrons. The average molecular weight is 438 g/mol. The van der Waals surface area contributed by atoms with E-state index in [1.54, 1.807) is 26.1 Å².